The maximum atomic E-state index is 12.8. The third-order valence-corrected chi connectivity index (χ3v) is 6.34. The van der Waals surface area contributed by atoms with Gasteiger partial charge in [-0.05, 0) is 38.5 Å². The van der Waals surface area contributed by atoms with Gasteiger partial charge in [0.05, 0.1) is 5.75 Å². The van der Waals surface area contributed by atoms with Crippen LogP contribution in [0.5, 0.6) is 11.5 Å². The van der Waals surface area contributed by atoms with Gasteiger partial charge in [0, 0.05) is 30.5 Å². The smallest absolute Gasteiger partial charge is 0.192 e. The van der Waals surface area contributed by atoms with Gasteiger partial charge < -0.3 is 18.6 Å². The van der Waals surface area contributed by atoms with Crippen molar-refractivity contribution in [3.05, 3.63) is 53.1 Å². The van der Waals surface area contributed by atoms with Crippen molar-refractivity contribution in [1.29, 1.82) is 0 Å². The van der Waals surface area contributed by atoms with E-state index in [1.807, 2.05) is 55.8 Å². The molecule has 1 atom stereocenters. The van der Waals surface area contributed by atoms with Crippen molar-refractivity contribution < 1.29 is 14.3 Å². The van der Waals surface area contributed by atoms with Gasteiger partial charge in [-0.3, -0.25) is 4.79 Å². The van der Waals surface area contributed by atoms with Crippen LogP contribution in [0.15, 0.2) is 35.5 Å². The Hall–Kier alpha value is -2.74. The number of hydrogen-bond donors (Lipinski definition) is 0. The van der Waals surface area contributed by atoms with Crippen LogP contribution in [0.25, 0.3) is 0 Å². The quantitative estimate of drug-likeness (QED) is 0.418. The largest absolute Gasteiger partial charge is 0.485 e. The van der Waals surface area contributed by atoms with Crippen molar-refractivity contribution in [2.75, 3.05) is 12.4 Å². The number of carbonyl (C=O) groups is 1. The molecule has 0 aliphatic carbocycles. The number of ketones is 1. The lowest BCUT2D eigenvalue weighted by Crippen LogP contribution is -2.24. The lowest BCUT2D eigenvalue weighted by Gasteiger charge is -2.25. The average molecular weight is 427 g/mol. The van der Waals surface area contributed by atoms with E-state index in [1.165, 1.54) is 11.8 Å². The third kappa shape index (κ3) is 3.84. The normalized spacial score (nSPS) is 15.4. The molecule has 0 amide bonds. The number of ether oxygens (including phenoxy) is 2. The number of fused-ring (bicyclic) bond motifs is 1. The summed E-state index contributed by atoms with van der Waals surface area (Å²) < 4.78 is 15.9. The first kappa shape index (κ1) is 20.5. The maximum Gasteiger partial charge on any atom is 0.192 e. The van der Waals surface area contributed by atoms with Crippen LogP contribution in [0, 0.1) is 13.8 Å². The van der Waals surface area contributed by atoms with E-state index in [0.717, 1.165) is 35.7 Å². The average Bonchev–Trinajstić information content (AvgIpc) is 3.26. The van der Waals surface area contributed by atoms with Crippen molar-refractivity contribution in [3.63, 3.8) is 0 Å². The molecular formula is C22H26N4O3S. The zero-order chi connectivity index (χ0) is 21.3. The fourth-order valence-electron chi connectivity index (χ4n) is 3.74. The van der Waals surface area contributed by atoms with E-state index in [1.54, 1.807) is 0 Å². The van der Waals surface area contributed by atoms with Crippen LogP contribution in [-0.2, 0) is 13.6 Å². The Kier molecular flexibility index (Phi) is 5.85. The highest BCUT2D eigenvalue weighted by Crippen LogP contribution is 2.35. The Morgan fingerprint density at radius 2 is 2.00 bits per heavy atom. The number of aryl methyl sites for hydroxylation is 1. The van der Waals surface area contributed by atoms with Gasteiger partial charge in [0.1, 0.15) is 6.61 Å². The molecule has 158 valence electrons. The molecule has 3 aromatic rings. The molecule has 0 saturated heterocycles. The highest BCUT2D eigenvalue weighted by Gasteiger charge is 2.27. The van der Waals surface area contributed by atoms with Crippen LogP contribution in [0.2, 0.25) is 0 Å². The summed E-state index contributed by atoms with van der Waals surface area (Å²) in [5, 5.41) is 9.25. The zero-order valence-electron chi connectivity index (χ0n) is 17.7. The molecule has 0 saturated carbocycles. The maximum absolute atomic E-state index is 12.8. The monoisotopic (exact) mass is 426 g/mol. The van der Waals surface area contributed by atoms with E-state index in [-0.39, 0.29) is 11.9 Å². The van der Waals surface area contributed by atoms with Gasteiger partial charge in [-0.1, -0.05) is 30.8 Å². The second-order valence-electron chi connectivity index (χ2n) is 7.41. The minimum atomic E-state index is -0.338. The molecule has 0 radical (unpaired) electrons. The van der Waals surface area contributed by atoms with Gasteiger partial charge in [0.15, 0.2) is 34.4 Å². The molecule has 1 unspecified atom stereocenters. The van der Waals surface area contributed by atoms with E-state index in [2.05, 4.69) is 21.7 Å². The Morgan fingerprint density at radius 3 is 2.77 bits per heavy atom. The molecular weight excluding hydrogens is 400 g/mol. The van der Waals surface area contributed by atoms with Crippen LogP contribution in [0.4, 0.5) is 0 Å². The van der Waals surface area contributed by atoms with Gasteiger partial charge in [-0.2, -0.15) is 0 Å². The minimum absolute atomic E-state index is 0.103. The molecule has 0 spiro atoms. The number of nitrogens with zero attached hydrogens (tertiary/aromatic N) is 4. The summed E-state index contributed by atoms with van der Waals surface area (Å²) in [6.45, 7) is 7.50. The van der Waals surface area contributed by atoms with E-state index < -0.39 is 0 Å². The number of benzene rings is 1. The van der Waals surface area contributed by atoms with Crippen LogP contribution in [0.3, 0.4) is 0 Å². The topological polar surface area (TPSA) is 71.2 Å². The molecule has 0 N–H and O–H groups in total. The predicted octanol–water partition coefficient (Wildman–Crippen LogP) is 4.13. The number of Topliss-reactive ketones (excluding diaryl/α,β-unsaturated/α-hetero) is 1. The van der Waals surface area contributed by atoms with Gasteiger partial charge >= 0.3 is 0 Å². The lowest BCUT2D eigenvalue weighted by molar-refractivity contribution is 0.0825. The fraction of sp³-hybridized carbons (Fsp3) is 0.409. The number of hydrogen-bond acceptors (Lipinski definition) is 6. The summed E-state index contributed by atoms with van der Waals surface area (Å²) in [5.41, 5.74) is 2.94. The number of carbonyl (C=O) groups excluding carboxylic acids is 1. The second kappa shape index (κ2) is 8.55. The molecule has 1 aliphatic heterocycles. The standard InChI is InChI=1S/C22H26N4O3S/c1-5-10-26-14(2)11-16(15(26)3)17(27)13-30-22-24-23-21(25(22)4)20-12-28-18-8-6-7-9-19(18)29-20/h6-9,11,20H,5,10,12-13H2,1-4H3. The summed E-state index contributed by atoms with van der Waals surface area (Å²) in [7, 11) is 1.89. The molecule has 2 aromatic heterocycles. The third-order valence-electron chi connectivity index (χ3n) is 5.32. The van der Waals surface area contributed by atoms with Gasteiger partial charge in [0.25, 0.3) is 0 Å². The number of aromatic nitrogens is 4. The Morgan fingerprint density at radius 1 is 1.23 bits per heavy atom. The first-order valence-corrected chi connectivity index (χ1v) is 11.1. The van der Waals surface area contributed by atoms with Crippen LogP contribution in [0.1, 0.15) is 47.0 Å². The molecule has 30 heavy (non-hydrogen) atoms. The first-order valence-electron chi connectivity index (χ1n) is 10.1. The van der Waals surface area contributed by atoms with E-state index in [0.29, 0.717) is 29.1 Å². The second-order valence-corrected chi connectivity index (χ2v) is 8.35. The molecule has 7 nitrogen and oxygen atoms in total. The van der Waals surface area contributed by atoms with Gasteiger partial charge in [-0.15, -0.1) is 10.2 Å². The summed E-state index contributed by atoms with van der Waals surface area (Å²) in [5.74, 6) is 2.53. The van der Waals surface area contributed by atoms with Crippen molar-refractivity contribution in [2.45, 2.75) is 45.0 Å². The molecule has 4 rings (SSSR count). The number of para-hydroxylation sites is 2. The highest BCUT2D eigenvalue weighted by atomic mass is 32.2. The summed E-state index contributed by atoms with van der Waals surface area (Å²) in [6.07, 6.45) is 0.702. The number of rotatable bonds is 7. The number of thioether (sulfide) groups is 1. The zero-order valence-corrected chi connectivity index (χ0v) is 18.5. The minimum Gasteiger partial charge on any atom is -0.485 e. The molecule has 0 bridgehead atoms. The van der Waals surface area contributed by atoms with E-state index in [4.69, 9.17) is 9.47 Å². The van der Waals surface area contributed by atoms with E-state index in [9.17, 15) is 4.79 Å². The fourth-order valence-corrected chi connectivity index (χ4v) is 4.54. The van der Waals surface area contributed by atoms with Gasteiger partial charge in [-0.25, -0.2) is 0 Å². The molecule has 1 aromatic carbocycles. The summed E-state index contributed by atoms with van der Waals surface area (Å²) in [4.78, 5) is 12.8. The highest BCUT2D eigenvalue weighted by molar-refractivity contribution is 7.99. The molecule has 1 aliphatic rings. The van der Waals surface area contributed by atoms with E-state index >= 15 is 0 Å². The summed E-state index contributed by atoms with van der Waals surface area (Å²) >= 11 is 1.39. The SMILES string of the molecule is CCCn1c(C)cc(C(=O)CSc2nnc(C3COc4ccccc4O3)n2C)c1C. The lowest BCUT2D eigenvalue weighted by atomic mass is 10.2. The van der Waals surface area contributed by atoms with Crippen molar-refractivity contribution in [1.82, 2.24) is 19.3 Å². The van der Waals surface area contributed by atoms with Crippen molar-refractivity contribution in [2.24, 2.45) is 7.05 Å². The van der Waals surface area contributed by atoms with Crippen molar-refractivity contribution in [3.8, 4) is 11.5 Å². The Bertz CT molecular complexity index is 1070. The predicted molar refractivity (Wildman–Crippen MR) is 116 cm³/mol. The van der Waals surface area contributed by atoms with Gasteiger partial charge in [0.2, 0.25) is 0 Å². The van der Waals surface area contributed by atoms with Crippen molar-refractivity contribution >= 4 is 17.5 Å². The molecule has 8 heteroatoms. The van der Waals surface area contributed by atoms with Crippen LogP contribution >= 0.6 is 11.8 Å². The summed E-state index contributed by atoms with van der Waals surface area (Å²) in [6, 6.07) is 9.57. The van der Waals surface area contributed by atoms with Crippen LogP contribution in [-0.4, -0.2) is 37.5 Å². The Balaban J connectivity index is 1.44. The Labute approximate surface area is 180 Å². The molecule has 0 fully saturated rings. The first-order chi connectivity index (χ1) is 14.5. The van der Waals surface area contributed by atoms with Crippen LogP contribution < -0.4 is 9.47 Å². The molecule has 3 heterocycles.